The molecule has 0 fully saturated rings. The Morgan fingerprint density at radius 1 is 1.61 bits per heavy atom. The minimum atomic E-state index is -0.0402. The molecule has 0 aromatic heterocycles. The lowest BCUT2D eigenvalue weighted by Crippen LogP contribution is -2.15. The highest BCUT2D eigenvalue weighted by Gasteiger charge is 2.07. The molecule has 1 rings (SSSR count). The van der Waals surface area contributed by atoms with E-state index in [2.05, 4.69) is 26.4 Å². The second-order valence-electron chi connectivity index (χ2n) is 3.47. The molecule has 0 aliphatic rings. The molecule has 1 aromatic carbocycles. The van der Waals surface area contributed by atoms with Gasteiger partial charge in [0.1, 0.15) is 0 Å². The summed E-state index contributed by atoms with van der Waals surface area (Å²) in [6, 6.07) is 5.05. The normalized spacial score (nSPS) is 11.3. The van der Waals surface area contributed by atoms with E-state index in [1.54, 1.807) is 30.0 Å². The van der Waals surface area contributed by atoms with Gasteiger partial charge in [0.05, 0.1) is 5.69 Å². The van der Waals surface area contributed by atoms with Gasteiger partial charge in [0, 0.05) is 22.2 Å². The summed E-state index contributed by atoms with van der Waals surface area (Å²) in [4.78, 5) is 11.6. The number of benzene rings is 1. The predicted octanol–water partition coefficient (Wildman–Crippen LogP) is 2.24. The monoisotopic (exact) mass is 331 g/mol. The minimum Gasteiger partial charge on any atom is -0.409 e. The van der Waals surface area contributed by atoms with Crippen molar-refractivity contribution in [1.82, 2.24) is 0 Å². The molecule has 0 bridgehead atoms. The number of amides is 1. The molecule has 1 amide bonds. The molecule has 0 heterocycles. The van der Waals surface area contributed by atoms with Crippen molar-refractivity contribution in [1.29, 1.82) is 0 Å². The maximum absolute atomic E-state index is 11.6. The molecule has 98 valence electrons. The van der Waals surface area contributed by atoms with E-state index in [9.17, 15) is 4.79 Å². The fourth-order valence-electron chi connectivity index (χ4n) is 1.24. The molecule has 5 nitrogen and oxygen atoms in total. The molecule has 0 aliphatic heterocycles. The highest BCUT2D eigenvalue weighted by Crippen LogP contribution is 2.23. The van der Waals surface area contributed by atoms with Crippen LogP contribution in [0.4, 0.5) is 5.69 Å². The van der Waals surface area contributed by atoms with Crippen LogP contribution in [0.25, 0.3) is 0 Å². The third-order valence-electron chi connectivity index (χ3n) is 2.18. The maximum Gasteiger partial charge on any atom is 0.225 e. The van der Waals surface area contributed by atoms with E-state index >= 15 is 0 Å². The Labute approximate surface area is 118 Å². The van der Waals surface area contributed by atoms with Crippen molar-refractivity contribution in [2.24, 2.45) is 10.9 Å². The van der Waals surface area contributed by atoms with Gasteiger partial charge in [0.2, 0.25) is 5.91 Å². The quantitative estimate of drug-likeness (QED) is 0.334. The lowest BCUT2D eigenvalue weighted by Gasteiger charge is -2.08. The molecule has 18 heavy (non-hydrogen) atoms. The molecule has 0 unspecified atom stereocenters. The number of carbonyl (C=O) groups is 1. The summed E-state index contributed by atoms with van der Waals surface area (Å²) in [5, 5.41) is 14.3. The summed E-state index contributed by atoms with van der Waals surface area (Å²) in [6.45, 7) is 0. The van der Waals surface area contributed by atoms with Gasteiger partial charge in [-0.15, -0.1) is 0 Å². The summed E-state index contributed by atoms with van der Waals surface area (Å²) < 4.78 is 0.684. The number of carbonyl (C=O) groups excluding carboxylic acids is 1. The Balaban J connectivity index is 2.77. The first-order chi connectivity index (χ1) is 8.58. The molecule has 7 heteroatoms. The lowest BCUT2D eigenvalue weighted by molar-refractivity contribution is -0.115. The number of amidine groups is 1. The molecular formula is C11H14BrN3O2S. The fourth-order valence-corrected chi connectivity index (χ4v) is 2.11. The van der Waals surface area contributed by atoms with E-state index in [0.717, 1.165) is 5.75 Å². The standard InChI is InChI=1S/C11H14BrN3O2S/c1-18-5-4-10(16)14-9-3-2-7(6-8(9)12)11(13)15-17/h2-3,6,17H,4-5H2,1H3,(H2,13,15)(H,14,16). The number of thioether (sulfide) groups is 1. The number of hydrogen-bond donors (Lipinski definition) is 3. The lowest BCUT2D eigenvalue weighted by atomic mass is 10.2. The summed E-state index contributed by atoms with van der Waals surface area (Å²) >= 11 is 4.95. The van der Waals surface area contributed by atoms with Crippen LogP contribution in [0.1, 0.15) is 12.0 Å². The number of oxime groups is 1. The molecule has 0 saturated carbocycles. The number of halogens is 1. The van der Waals surface area contributed by atoms with E-state index in [0.29, 0.717) is 22.1 Å². The smallest absolute Gasteiger partial charge is 0.225 e. The zero-order valence-electron chi connectivity index (χ0n) is 9.81. The largest absolute Gasteiger partial charge is 0.409 e. The Morgan fingerprint density at radius 2 is 2.33 bits per heavy atom. The molecule has 0 saturated heterocycles. The SMILES string of the molecule is CSCCC(=O)Nc1ccc(/C(N)=N/O)cc1Br. The third kappa shape index (κ3) is 4.23. The first kappa shape index (κ1) is 14.8. The summed E-state index contributed by atoms with van der Waals surface area (Å²) in [7, 11) is 0. The highest BCUT2D eigenvalue weighted by atomic mass is 79.9. The van der Waals surface area contributed by atoms with Gasteiger partial charge >= 0.3 is 0 Å². The van der Waals surface area contributed by atoms with Crippen LogP contribution >= 0.6 is 27.7 Å². The van der Waals surface area contributed by atoms with Crippen molar-refractivity contribution < 1.29 is 10.0 Å². The third-order valence-corrected chi connectivity index (χ3v) is 3.45. The summed E-state index contributed by atoms with van der Waals surface area (Å²) in [6.07, 6.45) is 2.42. The number of nitrogens with zero attached hydrogens (tertiary/aromatic N) is 1. The van der Waals surface area contributed by atoms with Crippen molar-refractivity contribution in [2.75, 3.05) is 17.3 Å². The first-order valence-corrected chi connectivity index (χ1v) is 7.33. The highest BCUT2D eigenvalue weighted by molar-refractivity contribution is 9.10. The van der Waals surface area contributed by atoms with E-state index in [4.69, 9.17) is 10.9 Å². The minimum absolute atomic E-state index is 0.0240. The molecule has 0 aliphatic carbocycles. The predicted molar refractivity (Wildman–Crippen MR) is 78.3 cm³/mol. The van der Waals surface area contributed by atoms with Gasteiger partial charge in [-0.25, -0.2) is 0 Å². The van der Waals surface area contributed by atoms with Gasteiger partial charge < -0.3 is 16.3 Å². The number of nitrogens with one attached hydrogen (secondary N) is 1. The van der Waals surface area contributed by atoms with Gasteiger partial charge in [-0.05, 0) is 40.4 Å². The second-order valence-corrected chi connectivity index (χ2v) is 5.31. The van der Waals surface area contributed by atoms with Crippen LogP contribution in [0.3, 0.4) is 0 Å². The van der Waals surface area contributed by atoms with Crippen molar-refractivity contribution in [3.63, 3.8) is 0 Å². The number of nitrogens with two attached hydrogens (primary N) is 1. The second kappa shape index (κ2) is 7.27. The molecule has 0 spiro atoms. The van der Waals surface area contributed by atoms with Crippen LogP contribution in [0, 0.1) is 0 Å². The van der Waals surface area contributed by atoms with Crippen molar-refractivity contribution in [2.45, 2.75) is 6.42 Å². The molecule has 0 atom stereocenters. The van der Waals surface area contributed by atoms with Crippen molar-refractivity contribution in [3.05, 3.63) is 28.2 Å². The molecule has 1 aromatic rings. The molecular weight excluding hydrogens is 318 g/mol. The van der Waals surface area contributed by atoms with Gasteiger partial charge in [0.15, 0.2) is 5.84 Å². The number of anilines is 1. The van der Waals surface area contributed by atoms with Crippen LogP contribution < -0.4 is 11.1 Å². The van der Waals surface area contributed by atoms with E-state index < -0.39 is 0 Å². The van der Waals surface area contributed by atoms with E-state index in [1.165, 1.54) is 0 Å². The van der Waals surface area contributed by atoms with Crippen LogP contribution in [0.15, 0.2) is 27.8 Å². The average molecular weight is 332 g/mol. The van der Waals surface area contributed by atoms with Crippen LogP contribution in [-0.2, 0) is 4.79 Å². The van der Waals surface area contributed by atoms with Gasteiger partial charge in [-0.2, -0.15) is 11.8 Å². The van der Waals surface area contributed by atoms with E-state index in [-0.39, 0.29) is 11.7 Å². The number of rotatable bonds is 5. The zero-order chi connectivity index (χ0) is 13.5. The fraction of sp³-hybridized carbons (Fsp3) is 0.273. The Kier molecular flexibility index (Phi) is 6.00. The van der Waals surface area contributed by atoms with Gasteiger partial charge in [-0.3, -0.25) is 4.79 Å². The Hall–Kier alpha value is -1.21. The van der Waals surface area contributed by atoms with Crippen molar-refractivity contribution in [3.8, 4) is 0 Å². The maximum atomic E-state index is 11.6. The summed E-state index contributed by atoms with van der Waals surface area (Å²) in [5.41, 5.74) is 6.71. The van der Waals surface area contributed by atoms with Crippen molar-refractivity contribution >= 4 is 45.1 Å². The van der Waals surface area contributed by atoms with Gasteiger partial charge in [-0.1, -0.05) is 5.16 Å². The van der Waals surface area contributed by atoms with E-state index in [1.807, 2.05) is 6.26 Å². The van der Waals surface area contributed by atoms with Crippen LogP contribution in [0.2, 0.25) is 0 Å². The zero-order valence-corrected chi connectivity index (χ0v) is 12.2. The van der Waals surface area contributed by atoms with Gasteiger partial charge in [0.25, 0.3) is 0 Å². The summed E-state index contributed by atoms with van der Waals surface area (Å²) in [5.74, 6) is 0.767. The molecule has 0 radical (unpaired) electrons. The average Bonchev–Trinajstić information content (AvgIpc) is 2.37. The van der Waals surface area contributed by atoms with Crippen LogP contribution in [0.5, 0.6) is 0 Å². The number of hydrogen-bond acceptors (Lipinski definition) is 4. The first-order valence-electron chi connectivity index (χ1n) is 5.14. The topological polar surface area (TPSA) is 87.7 Å². The molecule has 4 N–H and O–H groups in total. The Morgan fingerprint density at radius 3 is 2.89 bits per heavy atom. The Bertz CT molecular complexity index is 466. The van der Waals surface area contributed by atoms with Crippen LogP contribution in [-0.4, -0.2) is 29.0 Å².